The summed E-state index contributed by atoms with van der Waals surface area (Å²) in [4.78, 5) is 28.4. The highest BCUT2D eigenvalue weighted by atomic mass is 16.7. The van der Waals surface area contributed by atoms with Crippen LogP contribution >= 0.6 is 0 Å². The molecule has 96 valence electrons. The van der Waals surface area contributed by atoms with Crippen molar-refractivity contribution in [2.24, 2.45) is 0 Å². The summed E-state index contributed by atoms with van der Waals surface area (Å²) in [6.45, 7) is 1.07. The van der Waals surface area contributed by atoms with Crippen LogP contribution in [-0.2, 0) is 9.63 Å². The number of hydrogen-bond donors (Lipinski definition) is 2. The fraction of sp³-hybridized carbons (Fsp3) is 0.333. The Balaban J connectivity index is 1.84. The summed E-state index contributed by atoms with van der Waals surface area (Å²) in [5.41, 5.74) is 6.59. The molecular formula is C12H15N3O3. The number of carbonyl (C=O) groups is 2. The lowest BCUT2D eigenvalue weighted by Crippen LogP contribution is -2.38. The summed E-state index contributed by atoms with van der Waals surface area (Å²) >= 11 is 0. The van der Waals surface area contributed by atoms with Gasteiger partial charge in [0.1, 0.15) is 0 Å². The summed E-state index contributed by atoms with van der Waals surface area (Å²) in [5.74, 6) is -0.543. The predicted molar refractivity (Wildman–Crippen MR) is 65.5 cm³/mol. The fourth-order valence-corrected chi connectivity index (χ4v) is 1.62. The third kappa shape index (κ3) is 2.98. The van der Waals surface area contributed by atoms with E-state index in [-0.39, 0.29) is 18.4 Å². The van der Waals surface area contributed by atoms with Crippen LogP contribution in [0.3, 0.4) is 0 Å². The van der Waals surface area contributed by atoms with Crippen molar-refractivity contribution in [3.63, 3.8) is 0 Å². The van der Waals surface area contributed by atoms with Gasteiger partial charge in [-0.1, -0.05) is 0 Å². The number of anilines is 1. The van der Waals surface area contributed by atoms with Gasteiger partial charge >= 0.3 is 0 Å². The number of rotatable bonds is 3. The van der Waals surface area contributed by atoms with Crippen LogP contribution in [0.15, 0.2) is 24.3 Å². The van der Waals surface area contributed by atoms with Gasteiger partial charge in [0.05, 0.1) is 19.7 Å². The fourth-order valence-electron chi connectivity index (χ4n) is 1.62. The molecule has 0 spiro atoms. The standard InChI is InChI=1S/C12H15N3O3/c13-10-4-2-9(3-5-10)12(17)14-8-11(16)15-6-1-7-18-15/h2-5H,1,6-8,13H2,(H,14,17). The molecule has 1 aromatic rings. The minimum absolute atomic E-state index is 0.0663. The predicted octanol–water partition coefficient (Wildman–Crippen LogP) is 0.162. The second-order valence-electron chi connectivity index (χ2n) is 3.99. The van der Waals surface area contributed by atoms with Crippen molar-refractivity contribution in [2.75, 3.05) is 25.4 Å². The number of hydrogen-bond acceptors (Lipinski definition) is 4. The lowest BCUT2D eigenvalue weighted by atomic mass is 10.2. The number of hydroxylamine groups is 2. The van der Waals surface area contributed by atoms with E-state index >= 15 is 0 Å². The Hall–Kier alpha value is -2.08. The Morgan fingerprint density at radius 3 is 2.67 bits per heavy atom. The Bertz CT molecular complexity index is 438. The Kier molecular flexibility index (Phi) is 3.78. The van der Waals surface area contributed by atoms with Gasteiger partial charge in [-0.15, -0.1) is 0 Å². The van der Waals surface area contributed by atoms with E-state index in [1.165, 1.54) is 5.06 Å². The van der Waals surface area contributed by atoms with Gasteiger partial charge in [-0.2, -0.15) is 0 Å². The molecule has 1 aliphatic heterocycles. The molecule has 0 saturated carbocycles. The van der Waals surface area contributed by atoms with Crippen LogP contribution in [-0.4, -0.2) is 36.6 Å². The van der Waals surface area contributed by atoms with Crippen LogP contribution in [0.25, 0.3) is 0 Å². The van der Waals surface area contributed by atoms with Crippen molar-refractivity contribution in [1.82, 2.24) is 10.4 Å². The van der Waals surface area contributed by atoms with Gasteiger partial charge in [0.2, 0.25) is 0 Å². The van der Waals surface area contributed by atoms with Gasteiger partial charge in [-0.25, -0.2) is 5.06 Å². The Morgan fingerprint density at radius 2 is 2.06 bits per heavy atom. The van der Waals surface area contributed by atoms with E-state index in [1.54, 1.807) is 24.3 Å². The van der Waals surface area contributed by atoms with Crippen molar-refractivity contribution in [3.8, 4) is 0 Å². The lowest BCUT2D eigenvalue weighted by Gasteiger charge is -2.14. The molecule has 0 aromatic heterocycles. The first-order chi connectivity index (χ1) is 8.66. The van der Waals surface area contributed by atoms with E-state index in [0.29, 0.717) is 24.4 Å². The molecule has 1 heterocycles. The smallest absolute Gasteiger partial charge is 0.265 e. The summed E-state index contributed by atoms with van der Waals surface area (Å²) in [6, 6.07) is 6.50. The van der Waals surface area contributed by atoms with Crippen LogP contribution in [0.5, 0.6) is 0 Å². The van der Waals surface area contributed by atoms with Gasteiger partial charge in [-0.05, 0) is 30.7 Å². The molecule has 1 fully saturated rings. The van der Waals surface area contributed by atoms with Crippen molar-refractivity contribution < 1.29 is 14.4 Å². The van der Waals surface area contributed by atoms with Gasteiger partial charge in [0, 0.05) is 11.3 Å². The van der Waals surface area contributed by atoms with Crippen LogP contribution in [0, 0.1) is 0 Å². The molecule has 2 rings (SSSR count). The van der Waals surface area contributed by atoms with Gasteiger partial charge < -0.3 is 11.1 Å². The zero-order valence-corrected chi connectivity index (χ0v) is 9.89. The Morgan fingerprint density at radius 1 is 1.33 bits per heavy atom. The maximum absolute atomic E-state index is 11.7. The number of benzene rings is 1. The number of nitrogen functional groups attached to an aromatic ring is 1. The first kappa shape index (κ1) is 12.4. The summed E-state index contributed by atoms with van der Waals surface area (Å²) in [6.07, 6.45) is 0.831. The first-order valence-electron chi connectivity index (χ1n) is 5.74. The number of nitrogens with two attached hydrogens (primary N) is 1. The van der Waals surface area contributed by atoms with E-state index in [4.69, 9.17) is 10.6 Å². The summed E-state index contributed by atoms with van der Waals surface area (Å²) < 4.78 is 0. The Labute approximate surface area is 105 Å². The number of carbonyl (C=O) groups excluding carboxylic acids is 2. The topological polar surface area (TPSA) is 84.7 Å². The number of nitrogens with one attached hydrogen (secondary N) is 1. The van der Waals surface area contributed by atoms with E-state index < -0.39 is 0 Å². The first-order valence-corrected chi connectivity index (χ1v) is 5.74. The summed E-state index contributed by atoms with van der Waals surface area (Å²) in [5, 5.41) is 3.83. The van der Waals surface area contributed by atoms with Gasteiger partial charge in [0.25, 0.3) is 11.8 Å². The average molecular weight is 249 g/mol. The summed E-state index contributed by atoms with van der Waals surface area (Å²) in [7, 11) is 0. The molecule has 3 N–H and O–H groups in total. The van der Waals surface area contributed by atoms with E-state index in [0.717, 1.165) is 6.42 Å². The van der Waals surface area contributed by atoms with Gasteiger partial charge in [-0.3, -0.25) is 14.4 Å². The maximum Gasteiger partial charge on any atom is 0.265 e. The van der Waals surface area contributed by atoms with Crippen molar-refractivity contribution in [1.29, 1.82) is 0 Å². The molecule has 1 aliphatic rings. The zero-order valence-electron chi connectivity index (χ0n) is 9.89. The lowest BCUT2D eigenvalue weighted by molar-refractivity contribution is -0.167. The van der Waals surface area contributed by atoms with Crippen molar-refractivity contribution in [3.05, 3.63) is 29.8 Å². The highest BCUT2D eigenvalue weighted by Crippen LogP contribution is 2.06. The average Bonchev–Trinajstić information content (AvgIpc) is 2.90. The number of nitrogens with zero attached hydrogens (tertiary/aromatic N) is 1. The molecular weight excluding hydrogens is 234 g/mol. The number of amides is 2. The van der Waals surface area contributed by atoms with E-state index in [1.807, 2.05) is 0 Å². The maximum atomic E-state index is 11.7. The molecule has 1 aromatic carbocycles. The molecule has 0 aliphatic carbocycles. The zero-order chi connectivity index (χ0) is 13.0. The van der Waals surface area contributed by atoms with E-state index in [2.05, 4.69) is 5.32 Å². The van der Waals surface area contributed by atoms with Crippen molar-refractivity contribution >= 4 is 17.5 Å². The molecule has 0 radical (unpaired) electrons. The normalized spacial score (nSPS) is 14.6. The third-order valence-electron chi connectivity index (χ3n) is 2.60. The quantitative estimate of drug-likeness (QED) is 0.747. The molecule has 18 heavy (non-hydrogen) atoms. The minimum Gasteiger partial charge on any atom is -0.399 e. The highest BCUT2D eigenvalue weighted by Gasteiger charge is 2.19. The SMILES string of the molecule is Nc1ccc(C(=O)NCC(=O)N2CCCO2)cc1. The molecule has 1 saturated heterocycles. The molecule has 6 heteroatoms. The third-order valence-corrected chi connectivity index (χ3v) is 2.60. The molecule has 2 amide bonds. The van der Waals surface area contributed by atoms with Crippen LogP contribution < -0.4 is 11.1 Å². The molecule has 0 unspecified atom stereocenters. The second kappa shape index (κ2) is 5.50. The van der Waals surface area contributed by atoms with Crippen molar-refractivity contribution in [2.45, 2.75) is 6.42 Å². The van der Waals surface area contributed by atoms with E-state index in [9.17, 15) is 9.59 Å². The largest absolute Gasteiger partial charge is 0.399 e. The van der Waals surface area contributed by atoms with Crippen LogP contribution in [0.4, 0.5) is 5.69 Å². The van der Waals surface area contributed by atoms with Crippen LogP contribution in [0.1, 0.15) is 16.8 Å². The molecule has 0 atom stereocenters. The monoisotopic (exact) mass is 249 g/mol. The van der Waals surface area contributed by atoms with Crippen LogP contribution in [0.2, 0.25) is 0 Å². The molecule has 0 bridgehead atoms. The molecule has 6 nitrogen and oxygen atoms in total. The van der Waals surface area contributed by atoms with Gasteiger partial charge in [0.15, 0.2) is 0 Å². The second-order valence-corrected chi connectivity index (χ2v) is 3.99. The minimum atomic E-state index is -0.303. The highest BCUT2D eigenvalue weighted by molar-refractivity contribution is 5.96.